The second-order valence-corrected chi connectivity index (χ2v) is 4.98. The number of aromatic hydroxyl groups is 2. The number of carbonyl (C=O) groups excluding carboxylic acids is 1. The van der Waals surface area contributed by atoms with Crippen LogP contribution < -0.4 is 5.32 Å². The molecule has 0 saturated carbocycles. The number of carbonyl (C=O) groups is 3. The normalized spacial score (nSPS) is 10.6. The van der Waals surface area contributed by atoms with Gasteiger partial charge in [0, 0.05) is 6.07 Å². The Morgan fingerprint density at radius 1 is 0.846 bits per heavy atom. The molecule has 2 aromatic rings. The number of azo groups is 1. The van der Waals surface area contributed by atoms with E-state index in [4.69, 9.17) is 10.2 Å². The summed E-state index contributed by atoms with van der Waals surface area (Å²) in [6, 6.07) is 7.34. The van der Waals surface area contributed by atoms with E-state index in [9.17, 15) is 24.6 Å². The maximum Gasteiger partial charge on any atom is 0.339 e. The van der Waals surface area contributed by atoms with Crippen molar-refractivity contribution < 1.29 is 34.8 Å². The van der Waals surface area contributed by atoms with E-state index in [0.717, 1.165) is 12.1 Å². The third-order valence-electron chi connectivity index (χ3n) is 3.12. The average Bonchev–Trinajstić information content (AvgIpc) is 2.58. The van der Waals surface area contributed by atoms with Crippen LogP contribution in [0.15, 0.2) is 46.6 Å². The van der Waals surface area contributed by atoms with Crippen LogP contribution in [-0.4, -0.2) is 44.8 Å². The fourth-order valence-electron chi connectivity index (χ4n) is 1.90. The molecule has 0 fully saturated rings. The number of aliphatic carboxylic acids is 1. The molecule has 134 valence electrons. The van der Waals surface area contributed by atoms with Crippen molar-refractivity contribution in [2.75, 3.05) is 6.54 Å². The van der Waals surface area contributed by atoms with Gasteiger partial charge in [0.1, 0.15) is 23.6 Å². The van der Waals surface area contributed by atoms with Crippen molar-refractivity contribution in [2.24, 2.45) is 10.2 Å². The highest BCUT2D eigenvalue weighted by Gasteiger charge is 2.13. The van der Waals surface area contributed by atoms with E-state index < -0.39 is 30.1 Å². The van der Waals surface area contributed by atoms with Gasteiger partial charge in [0.2, 0.25) is 0 Å². The zero-order valence-corrected chi connectivity index (χ0v) is 13.1. The number of aromatic carboxylic acids is 1. The van der Waals surface area contributed by atoms with Gasteiger partial charge in [-0.15, -0.1) is 0 Å². The number of hydrogen-bond donors (Lipinski definition) is 5. The lowest BCUT2D eigenvalue weighted by atomic mass is 10.1. The molecule has 0 spiro atoms. The van der Waals surface area contributed by atoms with Crippen LogP contribution in [0.3, 0.4) is 0 Å². The van der Waals surface area contributed by atoms with Gasteiger partial charge in [0.05, 0.1) is 16.9 Å². The number of carboxylic acids is 2. The van der Waals surface area contributed by atoms with Crippen molar-refractivity contribution in [3.05, 3.63) is 47.5 Å². The predicted molar refractivity (Wildman–Crippen MR) is 87.3 cm³/mol. The van der Waals surface area contributed by atoms with Crippen LogP contribution in [-0.2, 0) is 4.79 Å². The Kier molecular flexibility index (Phi) is 5.48. The minimum Gasteiger partial charge on any atom is -0.507 e. The molecule has 0 saturated heterocycles. The highest BCUT2D eigenvalue weighted by molar-refractivity contribution is 5.98. The summed E-state index contributed by atoms with van der Waals surface area (Å²) in [5.41, 5.74) is -0.139. The highest BCUT2D eigenvalue weighted by atomic mass is 16.4. The number of nitrogens with zero attached hydrogens (tertiary/aromatic N) is 2. The number of carboxylic acid groups (broad SMARTS) is 2. The van der Waals surface area contributed by atoms with E-state index in [1.54, 1.807) is 0 Å². The van der Waals surface area contributed by atoms with E-state index in [-0.39, 0.29) is 28.3 Å². The molecular formula is C16H13N3O7. The van der Waals surface area contributed by atoms with E-state index >= 15 is 0 Å². The van der Waals surface area contributed by atoms with Crippen LogP contribution in [0.2, 0.25) is 0 Å². The first-order chi connectivity index (χ1) is 12.3. The first-order valence-corrected chi connectivity index (χ1v) is 7.09. The van der Waals surface area contributed by atoms with Gasteiger partial charge >= 0.3 is 11.9 Å². The number of amides is 1. The number of nitrogens with one attached hydrogen (secondary N) is 1. The SMILES string of the molecule is O=C(O)CNC(=O)c1cc(N=Nc2ccc(C(=O)O)c(O)c2)ccc1O. The number of hydrogen-bond acceptors (Lipinski definition) is 7. The van der Waals surface area contributed by atoms with Gasteiger partial charge < -0.3 is 25.7 Å². The van der Waals surface area contributed by atoms with Crippen molar-refractivity contribution in [2.45, 2.75) is 0 Å². The van der Waals surface area contributed by atoms with E-state index in [0.29, 0.717) is 0 Å². The third kappa shape index (κ3) is 4.54. The molecule has 0 radical (unpaired) electrons. The first kappa shape index (κ1) is 18.4. The van der Waals surface area contributed by atoms with E-state index in [1.807, 2.05) is 0 Å². The lowest BCUT2D eigenvalue weighted by Crippen LogP contribution is -2.29. The van der Waals surface area contributed by atoms with Gasteiger partial charge in [-0.2, -0.15) is 10.2 Å². The number of rotatable bonds is 6. The minimum absolute atomic E-state index is 0.164. The molecule has 2 aromatic carbocycles. The van der Waals surface area contributed by atoms with Gasteiger partial charge in [0.25, 0.3) is 5.91 Å². The molecule has 0 bridgehead atoms. The lowest BCUT2D eigenvalue weighted by Gasteiger charge is -2.05. The molecule has 0 aliphatic heterocycles. The summed E-state index contributed by atoms with van der Waals surface area (Å²) < 4.78 is 0. The van der Waals surface area contributed by atoms with Crippen molar-refractivity contribution in [3.8, 4) is 11.5 Å². The molecule has 0 unspecified atom stereocenters. The zero-order valence-electron chi connectivity index (χ0n) is 13.1. The Bertz CT molecular complexity index is 909. The maximum absolute atomic E-state index is 11.8. The van der Waals surface area contributed by atoms with Crippen molar-refractivity contribution in [1.29, 1.82) is 0 Å². The van der Waals surface area contributed by atoms with Crippen molar-refractivity contribution in [1.82, 2.24) is 5.32 Å². The Hall–Kier alpha value is -3.95. The Labute approximate surface area is 146 Å². The second kappa shape index (κ2) is 7.75. The smallest absolute Gasteiger partial charge is 0.339 e. The lowest BCUT2D eigenvalue weighted by molar-refractivity contribution is -0.135. The molecule has 0 aromatic heterocycles. The Morgan fingerprint density at radius 3 is 2.04 bits per heavy atom. The van der Waals surface area contributed by atoms with Crippen LogP contribution in [0.4, 0.5) is 11.4 Å². The fourth-order valence-corrected chi connectivity index (χ4v) is 1.90. The summed E-state index contributed by atoms with van der Waals surface area (Å²) in [4.78, 5) is 33.1. The Morgan fingerprint density at radius 2 is 1.46 bits per heavy atom. The van der Waals surface area contributed by atoms with Crippen LogP contribution in [0.1, 0.15) is 20.7 Å². The zero-order chi connectivity index (χ0) is 19.3. The highest BCUT2D eigenvalue weighted by Crippen LogP contribution is 2.27. The molecule has 0 aliphatic carbocycles. The second-order valence-electron chi connectivity index (χ2n) is 4.98. The molecule has 10 nitrogen and oxygen atoms in total. The van der Waals surface area contributed by atoms with Gasteiger partial charge in [-0.1, -0.05) is 0 Å². The molecular weight excluding hydrogens is 346 g/mol. The summed E-state index contributed by atoms with van der Waals surface area (Å²) in [5.74, 6) is -4.17. The van der Waals surface area contributed by atoms with Gasteiger partial charge in [-0.05, 0) is 30.3 Å². The van der Waals surface area contributed by atoms with Gasteiger partial charge in [-0.25, -0.2) is 4.79 Å². The molecule has 10 heteroatoms. The first-order valence-electron chi connectivity index (χ1n) is 7.09. The molecule has 1 amide bonds. The van der Waals surface area contributed by atoms with E-state index in [1.165, 1.54) is 24.3 Å². The number of benzene rings is 2. The topological polar surface area (TPSA) is 169 Å². The average molecular weight is 359 g/mol. The van der Waals surface area contributed by atoms with Crippen molar-refractivity contribution >= 4 is 29.2 Å². The summed E-state index contributed by atoms with van der Waals surface area (Å²) in [7, 11) is 0. The van der Waals surface area contributed by atoms with Crippen LogP contribution in [0.5, 0.6) is 11.5 Å². The Balaban J connectivity index is 2.22. The van der Waals surface area contributed by atoms with Crippen LogP contribution in [0, 0.1) is 0 Å². The van der Waals surface area contributed by atoms with E-state index in [2.05, 4.69) is 15.5 Å². The molecule has 0 heterocycles. The van der Waals surface area contributed by atoms with Gasteiger partial charge in [0.15, 0.2) is 0 Å². The number of phenols is 2. The molecule has 5 N–H and O–H groups in total. The summed E-state index contributed by atoms with van der Waals surface area (Å²) >= 11 is 0. The summed E-state index contributed by atoms with van der Waals surface area (Å²) in [5, 5.41) is 46.4. The largest absolute Gasteiger partial charge is 0.507 e. The predicted octanol–water partition coefficient (Wildman–Crippen LogP) is 2.03. The number of phenolic OH excluding ortho intramolecular Hbond substituents is 1. The monoisotopic (exact) mass is 359 g/mol. The fraction of sp³-hybridized carbons (Fsp3) is 0.0625. The molecule has 2 rings (SSSR count). The molecule has 26 heavy (non-hydrogen) atoms. The minimum atomic E-state index is -1.29. The maximum atomic E-state index is 11.8. The molecule has 0 atom stereocenters. The summed E-state index contributed by atoms with van der Waals surface area (Å²) in [6.45, 7) is -0.612. The summed E-state index contributed by atoms with van der Waals surface area (Å²) in [6.07, 6.45) is 0. The van der Waals surface area contributed by atoms with Crippen LogP contribution in [0.25, 0.3) is 0 Å². The van der Waals surface area contributed by atoms with Crippen LogP contribution >= 0.6 is 0 Å². The third-order valence-corrected chi connectivity index (χ3v) is 3.12. The standard InChI is InChI=1S/C16H13N3O7/c20-12-4-2-8(5-11(12)15(24)17-7-14(22)23)18-19-9-1-3-10(16(25)26)13(21)6-9/h1-6,20-21H,7H2,(H,17,24)(H,22,23)(H,25,26). The van der Waals surface area contributed by atoms with Crippen molar-refractivity contribution in [3.63, 3.8) is 0 Å². The quantitative estimate of drug-likeness (QED) is 0.491. The molecule has 0 aliphatic rings. The van der Waals surface area contributed by atoms with Gasteiger partial charge in [-0.3, -0.25) is 9.59 Å².